The number of hydrogen-bond donors (Lipinski definition) is 2. The molecular weight excluding hydrogens is 296 g/mol. The summed E-state index contributed by atoms with van der Waals surface area (Å²) in [6, 6.07) is 7.59. The summed E-state index contributed by atoms with van der Waals surface area (Å²) in [7, 11) is 0. The number of rotatable bonds is 4. The molecule has 1 aromatic carbocycles. The fourth-order valence-electron chi connectivity index (χ4n) is 2.34. The van der Waals surface area contributed by atoms with Crippen LogP contribution in [0.4, 0.5) is 11.5 Å². The fraction of sp³-hybridized carbons (Fsp3) is 0.133. The maximum atomic E-state index is 6.14. The number of nitrogens with two attached hydrogens (primary N) is 1. The van der Waals surface area contributed by atoms with Gasteiger partial charge in [0.25, 0.3) is 0 Å². The third kappa shape index (κ3) is 2.50. The van der Waals surface area contributed by atoms with Crippen LogP contribution in [0.25, 0.3) is 5.82 Å². The molecule has 0 fully saturated rings. The SMILES string of the molecule is Nc1c(NCc2ccc3c(c2)OCO3)ncnc1-n1cccn1. The van der Waals surface area contributed by atoms with Crippen molar-refractivity contribution in [1.82, 2.24) is 19.7 Å². The molecule has 0 radical (unpaired) electrons. The lowest BCUT2D eigenvalue weighted by molar-refractivity contribution is 0.174. The Balaban J connectivity index is 1.54. The van der Waals surface area contributed by atoms with Crippen LogP contribution in [0.2, 0.25) is 0 Å². The zero-order valence-electron chi connectivity index (χ0n) is 12.1. The number of ether oxygens (including phenoxy) is 2. The fourth-order valence-corrected chi connectivity index (χ4v) is 2.34. The van der Waals surface area contributed by atoms with E-state index in [4.69, 9.17) is 15.2 Å². The van der Waals surface area contributed by atoms with E-state index in [9.17, 15) is 0 Å². The van der Waals surface area contributed by atoms with Gasteiger partial charge in [0.1, 0.15) is 12.0 Å². The van der Waals surface area contributed by atoms with Gasteiger partial charge in [0.05, 0.1) is 0 Å². The quantitative estimate of drug-likeness (QED) is 0.754. The maximum absolute atomic E-state index is 6.14. The molecule has 0 amide bonds. The van der Waals surface area contributed by atoms with Crippen molar-refractivity contribution in [2.45, 2.75) is 6.54 Å². The summed E-state index contributed by atoms with van der Waals surface area (Å²) < 4.78 is 12.3. The van der Waals surface area contributed by atoms with Crippen LogP contribution in [-0.4, -0.2) is 26.5 Å². The molecule has 3 N–H and O–H groups in total. The molecule has 2 aromatic heterocycles. The lowest BCUT2D eigenvalue weighted by Crippen LogP contribution is -2.10. The molecule has 0 bridgehead atoms. The van der Waals surface area contributed by atoms with Gasteiger partial charge in [-0.15, -0.1) is 0 Å². The second-order valence-electron chi connectivity index (χ2n) is 4.95. The van der Waals surface area contributed by atoms with Crippen molar-refractivity contribution in [3.63, 3.8) is 0 Å². The van der Waals surface area contributed by atoms with E-state index in [0.717, 1.165) is 17.1 Å². The van der Waals surface area contributed by atoms with Gasteiger partial charge in [-0.25, -0.2) is 14.6 Å². The van der Waals surface area contributed by atoms with Crippen LogP contribution in [0.3, 0.4) is 0 Å². The van der Waals surface area contributed by atoms with Gasteiger partial charge in [-0.1, -0.05) is 6.07 Å². The first-order valence-electron chi connectivity index (χ1n) is 7.04. The van der Waals surface area contributed by atoms with Crippen LogP contribution in [0.15, 0.2) is 43.0 Å². The molecule has 1 aliphatic rings. The first kappa shape index (κ1) is 13.4. The molecule has 4 rings (SSSR count). The number of nitrogen functional groups attached to an aromatic ring is 1. The normalized spacial score (nSPS) is 12.3. The van der Waals surface area contributed by atoms with E-state index in [2.05, 4.69) is 20.4 Å². The van der Waals surface area contributed by atoms with Crippen LogP contribution >= 0.6 is 0 Å². The van der Waals surface area contributed by atoms with Crippen molar-refractivity contribution >= 4 is 11.5 Å². The highest BCUT2D eigenvalue weighted by molar-refractivity contribution is 5.69. The van der Waals surface area contributed by atoms with Gasteiger partial charge in [-0.2, -0.15) is 5.10 Å². The van der Waals surface area contributed by atoms with Gasteiger partial charge >= 0.3 is 0 Å². The average molecular weight is 310 g/mol. The second kappa shape index (κ2) is 5.48. The molecule has 8 heteroatoms. The van der Waals surface area contributed by atoms with Crippen molar-refractivity contribution in [2.24, 2.45) is 0 Å². The van der Waals surface area contributed by atoms with E-state index in [1.807, 2.05) is 18.2 Å². The highest BCUT2D eigenvalue weighted by Gasteiger charge is 2.14. The molecule has 0 saturated heterocycles. The Hall–Kier alpha value is -3.29. The monoisotopic (exact) mass is 310 g/mol. The summed E-state index contributed by atoms with van der Waals surface area (Å²) in [5.74, 6) is 2.61. The van der Waals surface area contributed by atoms with Gasteiger partial charge in [-0.3, -0.25) is 0 Å². The van der Waals surface area contributed by atoms with Crippen LogP contribution in [0.5, 0.6) is 11.5 Å². The van der Waals surface area contributed by atoms with Gasteiger partial charge in [-0.05, 0) is 23.8 Å². The Labute approximate surface area is 131 Å². The van der Waals surface area contributed by atoms with E-state index in [0.29, 0.717) is 23.9 Å². The number of benzene rings is 1. The van der Waals surface area contributed by atoms with Crippen molar-refractivity contribution in [1.29, 1.82) is 0 Å². The Bertz CT molecular complexity index is 834. The van der Waals surface area contributed by atoms with E-state index >= 15 is 0 Å². The summed E-state index contributed by atoms with van der Waals surface area (Å²) in [4.78, 5) is 8.36. The molecule has 1 aliphatic heterocycles. The average Bonchev–Trinajstić information content (AvgIpc) is 3.25. The third-order valence-electron chi connectivity index (χ3n) is 3.48. The molecule has 3 aromatic rings. The molecular formula is C15H14N6O2. The summed E-state index contributed by atoms with van der Waals surface area (Å²) in [6.07, 6.45) is 4.90. The van der Waals surface area contributed by atoms with Crippen LogP contribution in [-0.2, 0) is 6.54 Å². The third-order valence-corrected chi connectivity index (χ3v) is 3.48. The zero-order chi connectivity index (χ0) is 15.6. The van der Waals surface area contributed by atoms with Crippen molar-refractivity contribution < 1.29 is 9.47 Å². The van der Waals surface area contributed by atoms with Gasteiger partial charge < -0.3 is 20.5 Å². The topological polar surface area (TPSA) is 100 Å². The predicted molar refractivity (Wildman–Crippen MR) is 83.5 cm³/mol. The van der Waals surface area contributed by atoms with Crippen molar-refractivity contribution in [2.75, 3.05) is 17.8 Å². The minimum Gasteiger partial charge on any atom is -0.454 e. The molecule has 23 heavy (non-hydrogen) atoms. The van der Waals surface area contributed by atoms with E-state index in [-0.39, 0.29) is 6.79 Å². The molecule has 0 spiro atoms. The minimum absolute atomic E-state index is 0.262. The lowest BCUT2D eigenvalue weighted by Gasteiger charge is -2.11. The molecule has 8 nitrogen and oxygen atoms in total. The highest BCUT2D eigenvalue weighted by Crippen LogP contribution is 2.32. The highest BCUT2D eigenvalue weighted by atomic mass is 16.7. The Morgan fingerprint density at radius 1 is 1.22 bits per heavy atom. The smallest absolute Gasteiger partial charge is 0.231 e. The van der Waals surface area contributed by atoms with Crippen LogP contribution < -0.4 is 20.5 Å². The molecule has 116 valence electrons. The van der Waals surface area contributed by atoms with E-state index in [1.165, 1.54) is 6.33 Å². The minimum atomic E-state index is 0.262. The predicted octanol–water partition coefficient (Wildman–Crippen LogP) is 1.59. The largest absolute Gasteiger partial charge is 0.454 e. The number of aromatic nitrogens is 4. The summed E-state index contributed by atoms with van der Waals surface area (Å²) in [6.45, 7) is 0.814. The number of anilines is 2. The van der Waals surface area contributed by atoms with Crippen LogP contribution in [0.1, 0.15) is 5.56 Å². The van der Waals surface area contributed by atoms with Gasteiger partial charge in [0.2, 0.25) is 6.79 Å². The molecule has 0 aliphatic carbocycles. The summed E-state index contributed by atoms with van der Waals surface area (Å²) >= 11 is 0. The number of fused-ring (bicyclic) bond motifs is 1. The van der Waals surface area contributed by atoms with Crippen molar-refractivity contribution in [3.05, 3.63) is 48.5 Å². The first-order chi connectivity index (χ1) is 11.3. The lowest BCUT2D eigenvalue weighted by atomic mass is 10.2. The summed E-state index contributed by atoms with van der Waals surface area (Å²) in [5, 5.41) is 7.34. The van der Waals surface area contributed by atoms with Gasteiger partial charge in [0, 0.05) is 18.9 Å². The Morgan fingerprint density at radius 3 is 3.00 bits per heavy atom. The maximum Gasteiger partial charge on any atom is 0.231 e. The molecule has 0 saturated carbocycles. The number of nitrogens with zero attached hydrogens (tertiary/aromatic N) is 4. The molecule has 0 atom stereocenters. The summed E-state index contributed by atoms with van der Waals surface area (Å²) in [5.41, 5.74) is 7.61. The van der Waals surface area contributed by atoms with E-state index in [1.54, 1.807) is 23.1 Å². The number of nitrogens with one attached hydrogen (secondary N) is 1. The standard InChI is InChI=1S/C15H14N6O2/c16-13-14(18-8-19-15(13)21-5-1-4-20-21)17-7-10-2-3-11-12(6-10)23-9-22-11/h1-6,8H,7,9,16H2,(H,17,18,19). The first-order valence-corrected chi connectivity index (χ1v) is 7.04. The molecule has 3 heterocycles. The Kier molecular flexibility index (Phi) is 3.19. The Morgan fingerprint density at radius 2 is 2.13 bits per heavy atom. The van der Waals surface area contributed by atoms with Gasteiger partial charge in [0.15, 0.2) is 23.1 Å². The van der Waals surface area contributed by atoms with Crippen molar-refractivity contribution in [3.8, 4) is 17.3 Å². The number of hydrogen-bond acceptors (Lipinski definition) is 7. The second-order valence-corrected chi connectivity index (χ2v) is 4.95. The molecule has 0 unspecified atom stereocenters. The van der Waals surface area contributed by atoms with E-state index < -0.39 is 0 Å². The zero-order valence-corrected chi connectivity index (χ0v) is 12.1. The van der Waals surface area contributed by atoms with Crippen LogP contribution in [0, 0.1) is 0 Å².